The maximum Gasteiger partial charge on any atom is 0.272 e. The number of anilines is 1. The molecule has 0 bridgehead atoms. The highest BCUT2D eigenvalue weighted by molar-refractivity contribution is 5.92. The number of rotatable bonds is 2. The van der Waals surface area contributed by atoms with Crippen molar-refractivity contribution >= 4 is 22.8 Å². The standard InChI is InChI=1S/C19H22N6O/c1-13-12-14(2)21-18-15(13)4-5-17(22-18)24-8-10-25(11-9-24)19(26)16-6-7-20-23(16)3/h4-7,12H,8-11H2,1-3H3. The first-order chi connectivity index (χ1) is 12.5. The van der Waals surface area contributed by atoms with Crippen molar-refractivity contribution in [1.82, 2.24) is 24.6 Å². The van der Waals surface area contributed by atoms with E-state index in [1.54, 1.807) is 24.0 Å². The second-order valence-corrected chi connectivity index (χ2v) is 6.74. The maximum atomic E-state index is 12.6. The third-order valence-corrected chi connectivity index (χ3v) is 4.92. The summed E-state index contributed by atoms with van der Waals surface area (Å²) in [5.41, 5.74) is 3.58. The molecule has 0 radical (unpaired) electrons. The SMILES string of the molecule is Cc1cc(C)c2ccc(N3CCN(C(=O)c4ccnn4C)CC3)nc2n1. The molecule has 0 unspecified atom stereocenters. The van der Waals surface area contributed by atoms with Crippen LogP contribution < -0.4 is 4.90 Å². The van der Waals surface area contributed by atoms with Crippen LogP contribution in [0, 0.1) is 13.8 Å². The highest BCUT2D eigenvalue weighted by Crippen LogP contribution is 2.21. The van der Waals surface area contributed by atoms with Crippen LogP contribution in [-0.2, 0) is 7.05 Å². The summed E-state index contributed by atoms with van der Waals surface area (Å²) in [5.74, 6) is 0.951. The molecule has 7 nitrogen and oxygen atoms in total. The Morgan fingerprint density at radius 2 is 1.81 bits per heavy atom. The van der Waals surface area contributed by atoms with Crippen LogP contribution in [0.25, 0.3) is 11.0 Å². The van der Waals surface area contributed by atoms with Crippen molar-refractivity contribution in [2.24, 2.45) is 7.05 Å². The number of amides is 1. The van der Waals surface area contributed by atoms with E-state index in [9.17, 15) is 4.79 Å². The van der Waals surface area contributed by atoms with Gasteiger partial charge in [0, 0.05) is 50.5 Å². The van der Waals surface area contributed by atoms with E-state index in [0.717, 1.165) is 35.6 Å². The molecule has 1 amide bonds. The number of piperazine rings is 1. The second-order valence-electron chi connectivity index (χ2n) is 6.74. The van der Waals surface area contributed by atoms with Gasteiger partial charge < -0.3 is 9.80 Å². The molecule has 134 valence electrons. The molecule has 3 aromatic heterocycles. The average molecular weight is 350 g/mol. The molecule has 3 aromatic rings. The van der Waals surface area contributed by atoms with Crippen LogP contribution >= 0.6 is 0 Å². The molecule has 0 aromatic carbocycles. The molecule has 0 spiro atoms. The lowest BCUT2D eigenvalue weighted by Crippen LogP contribution is -2.49. The fraction of sp³-hybridized carbons (Fsp3) is 0.368. The Morgan fingerprint density at radius 3 is 2.50 bits per heavy atom. The van der Waals surface area contributed by atoms with Crippen molar-refractivity contribution in [1.29, 1.82) is 0 Å². The Labute approximate surface area is 152 Å². The van der Waals surface area contributed by atoms with Crippen LogP contribution in [0.2, 0.25) is 0 Å². The number of pyridine rings is 2. The molecule has 1 fully saturated rings. The van der Waals surface area contributed by atoms with Crippen molar-refractivity contribution in [2.45, 2.75) is 13.8 Å². The lowest BCUT2D eigenvalue weighted by Gasteiger charge is -2.35. The Kier molecular flexibility index (Phi) is 4.06. The lowest BCUT2D eigenvalue weighted by molar-refractivity contribution is 0.0735. The molecule has 1 aliphatic heterocycles. The Bertz CT molecular complexity index is 971. The zero-order valence-electron chi connectivity index (χ0n) is 15.3. The van der Waals surface area contributed by atoms with Crippen molar-refractivity contribution in [3.63, 3.8) is 0 Å². The van der Waals surface area contributed by atoms with Crippen LogP contribution in [0.4, 0.5) is 5.82 Å². The molecule has 0 atom stereocenters. The van der Waals surface area contributed by atoms with Crippen LogP contribution in [0.1, 0.15) is 21.7 Å². The predicted octanol–water partition coefficient (Wildman–Crippen LogP) is 1.94. The van der Waals surface area contributed by atoms with Gasteiger partial charge in [-0.25, -0.2) is 9.97 Å². The van der Waals surface area contributed by atoms with E-state index < -0.39 is 0 Å². The van der Waals surface area contributed by atoms with E-state index in [0.29, 0.717) is 18.8 Å². The normalized spacial score (nSPS) is 14.9. The van der Waals surface area contributed by atoms with Crippen LogP contribution in [0.5, 0.6) is 0 Å². The number of carbonyl (C=O) groups is 1. The first kappa shape index (κ1) is 16.5. The first-order valence-corrected chi connectivity index (χ1v) is 8.80. The number of aromatic nitrogens is 4. The summed E-state index contributed by atoms with van der Waals surface area (Å²) in [6.07, 6.45) is 1.65. The highest BCUT2D eigenvalue weighted by Gasteiger charge is 2.24. The van der Waals surface area contributed by atoms with Crippen LogP contribution in [0.15, 0.2) is 30.5 Å². The summed E-state index contributed by atoms with van der Waals surface area (Å²) in [6.45, 7) is 6.93. The number of aryl methyl sites for hydroxylation is 3. The van der Waals surface area contributed by atoms with Crippen molar-refractivity contribution in [3.8, 4) is 0 Å². The van der Waals surface area contributed by atoms with Crippen molar-refractivity contribution in [3.05, 3.63) is 47.4 Å². The summed E-state index contributed by atoms with van der Waals surface area (Å²) >= 11 is 0. The zero-order valence-corrected chi connectivity index (χ0v) is 15.3. The fourth-order valence-electron chi connectivity index (χ4n) is 3.48. The number of fused-ring (bicyclic) bond motifs is 1. The molecule has 0 N–H and O–H groups in total. The van der Waals surface area contributed by atoms with E-state index in [2.05, 4.69) is 34.0 Å². The summed E-state index contributed by atoms with van der Waals surface area (Å²) in [7, 11) is 1.79. The molecule has 7 heteroatoms. The van der Waals surface area contributed by atoms with E-state index in [1.165, 1.54) is 5.56 Å². The topological polar surface area (TPSA) is 67.2 Å². The maximum absolute atomic E-state index is 12.6. The Morgan fingerprint density at radius 1 is 1.04 bits per heavy atom. The number of hydrogen-bond acceptors (Lipinski definition) is 5. The third kappa shape index (κ3) is 2.89. The van der Waals surface area contributed by atoms with Gasteiger partial charge >= 0.3 is 0 Å². The van der Waals surface area contributed by atoms with Crippen LogP contribution in [0.3, 0.4) is 0 Å². The summed E-state index contributed by atoms with van der Waals surface area (Å²) < 4.78 is 1.62. The third-order valence-electron chi connectivity index (χ3n) is 4.92. The zero-order chi connectivity index (χ0) is 18.3. The Hall–Kier alpha value is -2.96. The van der Waals surface area contributed by atoms with Gasteiger partial charge in [-0.2, -0.15) is 5.10 Å². The first-order valence-electron chi connectivity index (χ1n) is 8.80. The smallest absolute Gasteiger partial charge is 0.272 e. The second kappa shape index (κ2) is 6.40. The quantitative estimate of drug-likeness (QED) is 0.707. The van der Waals surface area contributed by atoms with Gasteiger partial charge in [0.25, 0.3) is 5.91 Å². The minimum atomic E-state index is 0.0315. The summed E-state index contributed by atoms with van der Waals surface area (Å²) in [4.78, 5) is 26.0. The molecule has 1 saturated heterocycles. The van der Waals surface area contributed by atoms with Gasteiger partial charge in [0.1, 0.15) is 11.5 Å². The molecule has 4 heterocycles. The van der Waals surface area contributed by atoms with Gasteiger partial charge in [0.15, 0.2) is 5.65 Å². The monoisotopic (exact) mass is 350 g/mol. The van der Waals surface area contributed by atoms with Gasteiger partial charge in [0.05, 0.1) is 0 Å². The molecule has 0 aliphatic carbocycles. The largest absolute Gasteiger partial charge is 0.353 e. The molecular formula is C19H22N6O. The van der Waals surface area contributed by atoms with E-state index >= 15 is 0 Å². The molecule has 1 aliphatic rings. The molecule has 26 heavy (non-hydrogen) atoms. The van der Waals surface area contributed by atoms with E-state index in [4.69, 9.17) is 4.98 Å². The minimum Gasteiger partial charge on any atom is -0.353 e. The van der Waals surface area contributed by atoms with Crippen molar-refractivity contribution in [2.75, 3.05) is 31.1 Å². The minimum absolute atomic E-state index is 0.0315. The fourth-order valence-corrected chi connectivity index (χ4v) is 3.48. The number of nitrogens with zero attached hydrogens (tertiary/aromatic N) is 6. The number of hydrogen-bond donors (Lipinski definition) is 0. The highest BCUT2D eigenvalue weighted by atomic mass is 16.2. The predicted molar refractivity (Wildman–Crippen MR) is 100 cm³/mol. The van der Waals surface area contributed by atoms with Gasteiger partial charge in [-0.05, 0) is 43.7 Å². The van der Waals surface area contributed by atoms with Gasteiger partial charge in [0.2, 0.25) is 0 Å². The van der Waals surface area contributed by atoms with Gasteiger partial charge in [-0.15, -0.1) is 0 Å². The average Bonchev–Trinajstić information content (AvgIpc) is 3.06. The van der Waals surface area contributed by atoms with Gasteiger partial charge in [-0.1, -0.05) is 0 Å². The van der Waals surface area contributed by atoms with E-state index in [-0.39, 0.29) is 5.91 Å². The summed E-state index contributed by atoms with van der Waals surface area (Å²) in [6, 6.07) is 7.97. The lowest BCUT2D eigenvalue weighted by atomic mass is 10.1. The van der Waals surface area contributed by atoms with Gasteiger partial charge in [-0.3, -0.25) is 9.48 Å². The molecular weight excluding hydrogens is 328 g/mol. The van der Waals surface area contributed by atoms with E-state index in [1.807, 2.05) is 17.9 Å². The number of carbonyl (C=O) groups excluding carboxylic acids is 1. The Balaban J connectivity index is 1.50. The molecule has 0 saturated carbocycles. The van der Waals surface area contributed by atoms with Crippen LogP contribution in [-0.4, -0.2) is 56.7 Å². The summed E-state index contributed by atoms with van der Waals surface area (Å²) in [5, 5.41) is 5.17. The van der Waals surface area contributed by atoms with Crippen molar-refractivity contribution < 1.29 is 4.79 Å². The molecule has 4 rings (SSSR count).